The SMILES string of the molecule is CS(=O)c1ccc(C(=O)Nc2cc(C(=O)O)ccc2C(=O)Nc2ccc(Cl)cn2)c(OCCCN)c1. The lowest BCUT2D eigenvalue weighted by Crippen LogP contribution is -2.20. The Kier molecular flexibility index (Phi) is 9.12. The van der Waals surface area contributed by atoms with Gasteiger partial charge in [-0.05, 0) is 61.5 Å². The minimum atomic E-state index is -1.31. The van der Waals surface area contributed by atoms with Crippen LogP contribution in [-0.2, 0) is 10.8 Å². The number of carbonyl (C=O) groups excluding carboxylic acids is 2. The summed E-state index contributed by atoms with van der Waals surface area (Å²) in [5, 5.41) is 15.0. The summed E-state index contributed by atoms with van der Waals surface area (Å²) in [5.41, 5.74) is 5.44. The minimum absolute atomic E-state index is 0.00184. The summed E-state index contributed by atoms with van der Waals surface area (Å²) in [6.45, 7) is 0.608. The molecule has 0 aliphatic rings. The van der Waals surface area contributed by atoms with Gasteiger partial charge in [0.25, 0.3) is 11.8 Å². The van der Waals surface area contributed by atoms with Gasteiger partial charge in [0.05, 0.1) is 34.0 Å². The molecule has 188 valence electrons. The molecule has 0 bridgehead atoms. The fourth-order valence-electron chi connectivity index (χ4n) is 3.06. The number of nitrogens with one attached hydrogen (secondary N) is 2. The van der Waals surface area contributed by atoms with E-state index in [9.17, 15) is 23.7 Å². The highest BCUT2D eigenvalue weighted by molar-refractivity contribution is 7.84. The number of hydrogen-bond acceptors (Lipinski definition) is 7. The van der Waals surface area contributed by atoms with E-state index in [0.29, 0.717) is 22.9 Å². The summed E-state index contributed by atoms with van der Waals surface area (Å²) < 4.78 is 17.6. The average Bonchev–Trinajstić information content (AvgIpc) is 2.85. The number of pyridine rings is 1. The molecule has 36 heavy (non-hydrogen) atoms. The number of amides is 2. The first-order valence-corrected chi connectivity index (χ1v) is 12.5. The van der Waals surface area contributed by atoms with E-state index in [2.05, 4.69) is 15.6 Å². The number of anilines is 2. The molecule has 2 amide bonds. The van der Waals surface area contributed by atoms with E-state index in [-0.39, 0.29) is 40.6 Å². The van der Waals surface area contributed by atoms with E-state index in [1.807, 2.05) is 0 Å². The molecule has 0 saturated carbocycles. The molecule has 0 saturated heterocycles. The van der Waals surface area contributed by atoms with E-state index in [1.165, 1.54) is 54.9 Å². The number of rotatable bonds is 10. The molecule has 0 radical (unpaired) electrons. The maximum atomic E-state index is 13.2. The summed E-state index contributed by atoms with van der Waals surface area (Å²) in [6, 6.07) is 11.2. The van der Waals surface area contributed by atoms with Crippen molar-refractivity contribution in [3.05, 3.63) is 76.4 Å². The maximum Gasteiger partial charge on any atom is 0.335 e. The summed E-state index contributed by atoms with van der Waals surface area (Å²) in [7, 11) is -1.31. The fraction of sp³-hybridized carbons (Fsp3) is 0.167. The molecule has 1 aromatic heterocycles. The van der Waals surface area contributed by atoms with Crippen LogP contribution >= 0.6 is 11.6 Å². The van der Waals surface area contributed by atoms with Crippen molar-refractivity contribution in [2.45, 2.75) is 11.3 Å². The van der Waals surface area contributed by atoms with Gasteiger partial charge in [-0.3, -0.25) is 13.8 Å². The molecule has 12 heteroatoms. The highest BCUT2D eigenvalue weighted by atomic mass is 35.5. The quantitative estimate of drug-likeness (QED) is 0.290. The van der Waals surface area contributed by atoms with E-state index in [4.69, 9.17) is 22.1 Å². The van der Waals surface area contributed by atoms with E-state index in [0.717, 1.165) is 0 Å². The smallest absolute Gasteiger partial charge is 0.335 e. The minimum Gasteiger partial charge on any atom is -0.493 e. The molecule has 5 N–H and O–H groups in total. The summed E-state index contributed by atoms with van der Waals surface area (Å²) in [6.07, 6.45) is 3.38. The van der Waals surface area contributed by atoms with Crippen molar-refractivity contribution >= 4 is 51.7 Å². The molecule has 1 unspecified atom stereocenters. The largest absolute Gasteiger partial charge is 0.493 e. The van der Waals surface area contributed by atoms with Crippen LogP contribution in [0.4, 0.5) is 11.5 Å². The number of halogens is 1. The van der Waals surface area contributed by atoms with Gasteiger partial charge in [0, 0.05) is 28.1 Å². The fourth-order valence-corrected chi connectivity index (χ4v) is 3.70. The topological polar surface area (TPSA) is 161 Å². The Morgan fingerprint density at radius 2 is 1.78 bits per heavy atom. The van der Waals surface area contributed by atoms with Crippen molar-refractivity contribution in [1.82, 2.24) is 4.98 Å². The van der Waals surface area contributed by atoms with Crippen LogP contribution in [0.1, 0.15) is 37.5 Å². The van der Waals surface area contributed by atoms with Gasteiger partial charge < -0.3 is 26.2 Å². The second-order valence-electron chi connectivity index (χ2n) is 7.44. The molecule has 0 spiro atoms. The number of carboxylic acids is 1. The molecule has 1 heterocycles. The number of hydrogen-bond donors (Lipinski definition) is 4. The summed E-state index contributed by atoms with van der Waals surface area (Å²) >= 11 is 5.82. The summed E-state index contributed by atoms with van der Waals surface area (Å²) in [5.74, 6) is -2.14. The monoisotopic (exact) mass is 530 g/mol. The first kappa shape index (κ1) is 26.8. The first-order valence-electron chi connectivity index (χ1n) is 10.6. The lowest BCUT2D eigenvalue weighted by atomic mass is 10.1. The molecule has 2 aromatic carbocycles. The van der Waals surface area contributed by atoms with E-state index >= 15 is 0 Å². The number of nitrogens with zero attached hydrogens (tertiary/aromatic N) is 1. The van der Waals surface area contributed by atoms with Gasteiger partial charge >= 0.3 is 5.97 Å². The maximum absolute atomic E-state index is 13.2. The van der Waals surface area contributed by atoms with Crippen molar-refractivity contribution in [3.8, 4) is 5.75 Å². The Hall–Kier alpha value is -3.80. The van der Waals surface area contributed by atoms with Crippen LogP contribution in [0.25, 0.3) is 0 Å². The average molecular weight is 531 g/mol. The van der Waals surface area contributed by atoms with E-state index < -0.39 is 28.6 Å². The van der Waals surface area contributed by atoms with Crippen LogP contribution < -0.4 is 21.1 Å². The Bertz CT molecular complexity index is 1320. The third-order valence-corrected chi connectivity index (χ3v) is 6.01. The highest BCUT2D eigenvalue weighted by Gasteiger charge is 2.20. The van der Waals surface area contributed by atoms with Gasteiger partial charge in [-0.15, -0.1) is 0 Å². The normalized spacial score (nSPS) is 11.4. The van der Waals surface area contributed by atoms with Crippen molar-refractivity contribution < 1.29 is 28.4 Å². The molecule has 0 aliphatic heterocycles. The summed E-state index contributed by atoms with van der Waals surface area (Å²) in [4.78, 5) is 42.1. The van der Waals surface area contributed by atoms with Gasteiger partial charge in [0.2, 0.25) is 0 Å². The lowest BCUT2D eigenvalue weighted by Gasteiger charge is -2.15. The number of ether oxygens (including phenoxy) is 1. The molecule has 3 aromatic rings. The first-order chi connectivity index (χ1) is 17.2. The van der Waals surface area contributed by atoms with Crippen molar-refractivity contribution in [3.63, 3.8) is 0 Å². The van der Waals surface area contributed by atoms with Crippen LogP contribution in [0.15, 0.2) is 59.6 Å². The zero-order valence-corrected chi connectivity index (χ0v) is 20.7. The Labute approximate surface area is 214 Å². The number of benzene rings is 2. The Balaban J connectivity index is 1.94. The number of aromatic nitrogens is 1. The standard InChI is InChI=1S/C24H23ClN4O6S/c1-36(34)16-5-7-18(20(12-16)35-10-2-9-26)23(31)28-19-11-14(24(32)33)3-6-17(19)22(30)29-21-8-4-15(25)13-27-21/h3-8,11-13H,2,9-10,26H2,1H3,(H,28,31)(H,32,33)(H,27,29,30). The highest BCUT2D eigenvalue weighted by Crippen LogP contribution is 2.26. The zero-order valence-electron chi connectivity index (χ0n) is 19.1. The van der Waals surface area contributed by atoms with Crippen LogP contribution in [0, 0.1) is 0 Å². The third kappa shape index (κ3) is 6.87. The van der Waals surface area contributed by atoms with Crippen LogP contribution in [0.3, 0.4) is 0 Å². The van der Waals surface area contributed by atoms with Gasteiger partial charge in [-0.2, -0.15) is 0 Å². The predicted molar refractivity (Wildman–Crippen MR) is 136 cm³/mol. The lowest BCUT2D eigenvalue weighted by molar-refractivity contribution is 0.0696. The number of carbonyl (C=O) groups is 3. The van der Waals surface area contributed by atoms with Gasteiger partial charge in [-0.25, -0.2) is 9.78 Å². The molecule has 10 nitrogen and oxygen atoms in total. The molecule has 1 atom stereocenters. The number of nitrogens with two attached hydrogens (primary N) is 1. The van der Waals surface area contributed by atoms with Gasteiger partial charge in [0.15, 0.2) is 0 Å². The Morgan fingerprint density at radius 3 is 2.42 bits per heavy atom. The molecule has 0 fully saturated rings. The van der Waals surface area contributed by atoms with Crippen LogP contribution in [-0.4, -0.2) is 51.5 Å². The van der Waals surface area contributed by atoms with Gasteiger partial charge in [-0.1, -0.05) is 11.6 Å². The van der Waals surface area contributed by atoms with Crippen molar-refractivity contribution in [2.24, 2.45) is 5.73 Å². The second kappa shape index (κ2) is 12.2. The number of aromatic carboxylic acids is 1. The van der Waals surface area contributed by atoms with Crippen molar-refractivity contribution in [1.29, 1.82) is 0 Å². The predicted octanol–water partition coefficient (Wildman–Crippen LogP) is 3.40. The zero-order chi connectivity index (χ0) is 26.2. The van der Waals surface area contributed by atoms with Crippen molar-refractivity contribution in [2.75, 3.05) is 30.0 Å². The molecule has 0 aliphatic carbocycles. The third-order valence-electron chi connectivity index (χ3n) is 4.86. The number of carboxylic acid groups (broad SMARTS) is 1. The van der Waals surface area contributed by atoms with E-state index in [1.54, 1.807) is 6.07 Å². The molecule has 3 rings (SSSR count). The van der Waals surface area contributed by atoms with Gasteiger partial charge in [0.1, 0.15) is 11.6 Å². The molecular weight excluding hydrogens is 508 g/mol. The van der Waals surface area contributed by atoms with Crippen LogP contribution in [0.5, 0.6) is 5.75 Å². The second-order valence-corrected chi connectivity index (χ2v) is 9.25. The Morgan fingerprint density at radius 1 is 1.06 bits per heavy atom. The van der Waals surface area contributed by atoms with Crippen LogP contribution in [0.2, 0.25) is 5.02 Å². The molecular formula is C24H23ClN4O6S.